The van der Waals surface area contributed by atoms with Gasteiger partial charge in [0.1, 0.15) is 11.9 Å². The molecule has 0 saturated carbocycles. The highest BCUT2D eigenvalue weighted by atomic mass is 32.1. The van der Waals surface area contributed by atoms with Crippen molar-refractivity contribution in [3.05, 3.63) is 52.8 Å². The number of aromatic nitrogens is 1. The molecule has 3 heterocycles. The van der Waals surface area contributed by atoms with Crippen LogP contribution in [0, 0.1) is 4.84 Å². The van der Waals surface area contributed by atoms with Crippen LogP contribution in [0.1, 0.15) is 22.2 Å². The molecule has 4 rings (SSSR count). The number of fused-ring (bicyclic) bond motifs is 1. The van der Waals surface area contributed by atoms with Gasteiger partial charge in [0.05, 0.1) is 24.9 Å². The number of furan rings is 1. The topological polar surface area (TPSA) is 71.6 Å². The molecule has 6 nitrogen and oxygen atoms in total. The van der Waals surface area contributed by atoms with E-state index < -0.39 is 0 Å². The van der Waals surface area contributed by atoms with Gasteiger partial charge in [-0.3, -0.25) is 4.79 Å². The summed E-state index contributed by atoms with van der Waals surface area (Å²) in [6, 6.07) is 8.94. The van der Waals surface area contributed by atoms with E-state index in [4.69, 9.17) is 25.8 Å². The largest absolute Gasteiger partial charge is 0.467 e. The number of hydrogen-bond donors (Lipinski definition) is 1. The van der Waals surface area contributed by atoms with Crippen LogP contribution in [0.2, 0.25) is 0 Å². The van der Waals surface area contributed by atoms with Crippen LogP contribution in [0.15, 0.2) is 45.4 Å². The molecule has 1 amide bonds. The molecule has 118 valence electrons. The second-order valence-electron chi connectivity index (χ2n) is 5.35. The number of hydrogen-bond acceptors (Lipinski definition) is 5. The molecule has 1 N–H and O–H groups in total. The lowest BCUT2D eigenvalue weighted by molar-refractivity contribution is -0.0321. The molecule has 0 bridgehead atoms. The van der Waals surface area contributed by atoms with Gasteiger partial charge in [-0.2, -0.15) is 0 Å². The van der Waals surface area contributed by atoms with Crippen LogP contribution >= 0.6 is 12.2 Å². The zero-order chi connectivity index (χ0) is 15.8. The monoisotopic (exact) mass is 330 g/mol. The lowest BCUT2D eigenvalue weighted by atomic mass is 10.1. The van der Waals surface area contributed by atoms with Crippen molar-refractivity contribution in [2.24, 2.45) is 0 Å². The summed E-state index contributed by atoms with van der Waals surface area (Å²) in [5.74, 6) is 0.670. The second kappa shape index (κ2) is 5.68. The van der Waals surface area contributed by atoms with Crippen molar-refractivity contribution in [1.29, 1.82) is 0 Å². The molecule has 0 unspecified atom stereocenters. The summed E-state index contributed by atoms with van der Waals surface area (Å²) in [6.07, 6.45) is 1.37. The van der Waals surface area contributed by atoms with Crippen LogP contribution < -0.4 is 0 Å². The average molecular weight is 330 g/mol. The molecule has 3 aromatic rings. The van der Waals surface area contributed by atoms with E-state index in [1.54, 1.807) is 29.4 Å². The summed E-state index contributed by atoms with van der Waals surface area (Å²) in [5.41, 5.74) is 1.93. The van der Waals surface area contributed by atoms with Gasteiger partial charge >= 0.3 is 0 Å². The number of nitrogens with zero attached hydrogens (tertiary/aromatic N) is 1. The molecule has 0 radical (unpaired) electrons. The van der Waals surface area contributed by atoms with Crippen LogP contribution in [-0.2, 0) is 4.74 Å². The maximum absolute atomic E-state index is 12.7. The molecule has 1 aliphatic heterocycles. The van der Waals surface area contributed by atoms with Crippen LogP contribution in [0.3, 0.4) is 0 Å². The third-order valence-electron chi connectivity index (χ3n) is 3.88. The van der Waals surface area contributed by atoms with Gasteiger partial charge in [0.2, 0.25) is 0 Å². The van der Waals surface area contributed by atoms with Crippen LogP contribution in [0.5, 0.6) is 0 Å². The zero-order valence-corrected chi connectivity index (χ0v) is 13.0. The van der Waals surface area contributed by atoms with E-state index >= 15 is 0 Å². The lowest BCUT2D eigenvalue weighted by Crippen LogP contribution is -2.42. The predicted molar refractivity (Wildman–Crippen MR) is 84.7 cm³/mol. The normalized spacial score (nSPS) is 18.4. The first-order valence-electron chi connectivity index (χ1n) is 7.28. The van der Waals surface area contributed by atoms with Gasteiger partial charge in [0.15, 0.2) is 5.58 Å². The maximum atomic E-state index is 12.7. The molecule has 23 heavy (non-hydrogen) atoms. The third kappa shape index (κ3) is 2.69. The molecule has 0 aliphatic carbocycles. The van der Waals surface area contributed by atoms with Gasteiger partial charge in [0, 0.05) is 12.1 Å². The molecule has 1 fully saturated rings. The fraction of sp³-hybridized carbons (Fsp3) is 0.250. The molecule has 1 saturated heterocycles. The van der Waals surface area contributed by atoms with Gasteiger partial charge in [-0.05, 0) is 42.5 Å². The van der Waals surface area contributed by atoms with E-state index in [2.05, 4.69) is 4.98 Å². The summed E-state index contributed by atoms with van der Waals surface area (Å²) >= 11 is 4.96. The number of aromatic amines is 1. The van der Waals surface area contributed by atoms with Crippen LogP contribution in [-0.4, -0.2) is 35.5 Å². The zero-order valence-electron chi connectivity index (χ0n) is 12.2. The molecule has 1 atom stereocenters. The van der Waals surface area contributed by atoms with Crippen molar-refractivity contribution in [2.75, 3.05) is 19.7 Å². The van der Waals surface area contributed by atoms with Crippen LogP contribution in [0.4, 0.5) is 0 Å². The fourth-order valence-electron chi connectivity index (χ4n) is 2.74. The Morgan fingerprint density at radius 1 is 1.35 bits per heavy atom. The van der Waals surface area contributed by atoms with Gasteiger partial charge in [0.25, 0.3) is 10.7 Å². The first kappa shape index (κ1) is 14.2. The minimum Gasteiger partial charge on any atom is -0.467 e. The van der Waals surface area contributed by atoms with Crippen molar-refractivity contribution >= 4 is 29.2 Å². The number of rotatable bonds is 2. The molecule has 1 aliphatic rings. The first-order chi connectivity index (χ1) is 11.2. The van der Waals surface area contributed by atoms with Crippen molar-refractivity contribution in [1.82, 2.24) is 9.88 Å². The highest BCUT2D eigenvalue weighted by Crippen LogP contribution is 2.24. The molecular weight excluding hydrogens is 316 g/mol. The summed E-state index contributed by atoms with van der Waals surface area (Å²) in [7, 11) is 0. The Hall–Kier alpha value is -2.38. The number of carbonyl (C=O) groups excluding carboxylic acids is 1. The van der Waals surface area contributed by atoms with E-state index in [0.717, 1.165) is 11.3 Å². The van der Waals surface area contributed by atoms with E-state index in [9.17, 15) is 4.79 Å². The summed E-state index contributed by atoms with van der Waals surface area (Å²) < 4.78 is 16.4. The highest BCUT2D eigenvalue weighted by Gasteiger charge is 2.27. The Kier molecular flexibility index (Phi) is 3.51. The second-order valence-corrected chi connectivity index (χ2v) is 5.72. The average Bonchev–Trinajstić information content (AvgIpc) is 3.22. The maximum Gasteiger partial charge on any atom is 0.266 e. The molecule has 7 heteroatoms. The molecular formula is C16H14N2O4S. The fourth-order valence-corrected chi connectivity index (χ4v) is 2.94. The number of oxazole rings is 1. The molecule has 0 spiro atoms. The van der Waals surface area contributed by atoms with E-state index in [1.807, 2.05) is 12.1 Å². The van der Waals surface area contributed by atoms with Gasteiger partial charge < -0.3 is 23.5 Å². The minimum absolute atomic E-state index is 0.0610. The van der Waals surface area contributed by atoms with Crippen LogP contribution in [0.25, 0.3) is 11.1 Å². The Morgan fingerprint density at radius 3 is 3.09 bits per heavy atom. The summed E-state index contributed by atoms with van der Waals surface area (Å²) in [6.45, 7) is 1.48. The smallest absolute Gasteiger partial charge is 0.266 e. The number of carbonyl (C=O) groups is 1. The van der Waals surface area contributed by atoms with E-state index in [-0.39, 0.29) is 12.0 Å². The number of benzene rings is 1. The Balaban J connectivity index is 1.58. The molecule has 2 aromatic heterocycles. The van der Waals surface area contributed by atoms with E-state index in [1.165, 1.54) is 0 Å². The van der Waals surface area contributed by atoms with Gasteiger partial charge in [-0.15, -0.1) is 0 Å². The quantitative estimate of drug-likeness (QED) is 0.730. The van der Waals surface area contributed by atoms with Crippen molar-refractivity contribution in [3.63, 3.8) is 0 Å². The van der Waals surface area contributed by atoms with Crippen molar-refractivity contribution < 1.29 is 18.4 Å². The number of H-pyrrole nitrogens is 1. The predicted octanol–water partition coefficient (Wildman–Crippen LogP) is 3.30. The number of amides is 1. The Bertz CT molecular complexity index is 896. The first-order valence-corrected chi connectivity index (χ1v) is 7.69. The standard InChI is InChI=1S/C16H14N2O4S/c19-15(10-3-4-11-13(8-10)22-16(23)17-11)18-5-7-21-14(9-18)12-2-1-6-20-12/h1-4,6,8,14H,5,7,9H2,(H,17,23)/t14-/m1/s1. The summed E-state index contributed by atoms with van der Waals surface area (Å²) in [4.78, 5) is 17.7. The SMILES string of the molecule is O=C(c1ccc2[nH]c(=S)oc2c1)N1CCO[C@@H](c2ccco2)C1. The third-order valence-corrected chi connectivity index (χ3v) is 4.07. The number of morpholine rings is 1. The lowest BCUT2D eigenvalue weighted by Gasteiger charge is -2.32. The van der Waals surface area contributed by atoms with Gasteiger partial charge in [-0.25, -0.2) is 0 Å². The Labute approximate surface area is 136 Å². The summed E-state index contributed by atoms with van der Waals surface area (Å²) in [5, 5.41) is 0. The minimum atomic E-state index is -0.234. The van der Waals surface area contributed by atoms with E-state index in [0.29, 0.717) is 35.7 Å². The molecule has 1 aromatic carbocycles. The van der Waals surface area contributed by atoms with Crippen molar-refractivity contribution in [3.8, 4) is 0 Å². The number of nitrogens with one attached hydrogen (secondary N) is 1. The Morgan fingerprint density at radius 2 is 2.26 bits per heavy atom. The highest BCUT2D eigenvalue weighted by molar-refractivity contribution is 7.71. The number of ether oxygens (including phenoxy) is 1. The van der Waals surface area contributed by atoms with Crippen molar-refractivity contribution in [2.45, 2.75) is 6.10 Å². The van der Waals surface area contributed by atoms with Gasteiger partial charge in [-0.1, -0.05) is 0 Å².